The maximum Gasteiger partial charge on any atom is 0.259 e. The van der Waals surface area contributed by atoms with Crippen LogP contribution in [0.15, 0.2) is 18.2 Å². The highest BCUT2D eigenvalue weighted by molar-refractivity contribution is 6.22. The third kappa shape index (κ3) is 2.12. The average Bonchev–Trinajstić information content (AvgIpc) is 2.99. The fourth-order valence-corrected chi connectivity index (χ4v) is 2.68. The lowest BCUT2D eigenvalue weighted by molar-refractivity contribution is -0.119. The first kappa shape index (κ1) is 11.9. The summed E-state index contributed by atoms with van der Waals surface area (Å²) < 4.78 is 0. The van der Waals surface area contributed by atoms with E-state index < -0.39 is 5.91 Å². The van der Waals surface area contributed by atoms with Gasteiger partial charge in [-0.25, -0.2) is 0 Å². The molecule has 2 N–H and O–H groups in total. The summed E-state index contributed by atoms with van der Waals surface area (Å²) in [5.41, 5.74) is 1.26. The number of fused-ring (bicyclic) bond motifs is 1. The molecule has 3 amide bonds. The molecule has 1 aliphatic carbocycles. The smallest absolute Gasteiger partial charge is 0.259 e. The van der Waals surface area contributed by atoms with Crippen LogP contribution >= 0.6 is 0 Å². The summed E-state index contributed by atoms with van der Waals surface area (Å²) in [5.74, 6) is -0.712. The monoisotopic (exact) mass is 258 g/mol. The van der Waals surface area contributed by atoms with Crippen LogP contribution in [0.1, 0.15) is 46.4 Å². The molecule has 1 aromatic rings. The van der Waals surface area contributed by atoms with Gasteiger partial charge in [0.25, 0.3) is 11.8 Å². The molecular formula is C14H14N2O3. The van der Waals surface area contributed by atoms with Crippen LogP contribution in [0.5, 0.6) is 0 Å². The Bertz CT molecular complexity index is 574. The fourth-order valence-electron chi connectivity index (χ4n) is 2.68. The zero-order chi connectivity index (χ0) is 13.4. The zero-order valence-electron chi connectivity index (χ0n) is 10.4. The van der Waals surface area contributed by atoms with Gasteiger partial charge in [-0.1, -0.05) is 12.8 Å². The Labute approximate surface area is 110 Å². The van der Waals surface area contributed by atoms with Crippen molar-refractivity contribution in [1.29, 1.82) is 0 Å². The number of carbonyl (C=O) groups is 3. The van der Waals surface area contributed by atoms with Crippen molar-refractivity contribution in [3.05, 3.63) is 29.3 Å². The van der Waals surface area contributed by atoms with Gasteiger partial charge < -0.3 is 5.32 Å². The molecular weight excluding hydrogens is 244 g/mol. The van der Waals surface area contributed by atoms with Crippen molar-refractivity contribution in [3.63, 3.8) is 0 Å². The molecule has 0 bridgehead atoms. The van der Waals surface area contributed by atoms with E-state index in [9.17, 15) is 14.4 Å². The number of rotatable bonds is 2. The lowest BCUT2D eigenvalue weighted by Gasteiger charge is -2.10. The molecule has 1 saturated carbocycles. The molecule has 98 valence electrons. The molecule has 19 heavy (non-hydrogen) atoms. The van der Waals surface area contributed by atoms with Crippen LogP contribution in [-0.4, -0.2) is 17.7 Å². The van der Waals surface area contributed by atoms with Gasteiger partial charge in [0.05, 0.1) is 11.1 Å². The summed E-state index contributed by atoms with van der Waals surface area (Å²) in [5, 5.41) is 5.05. The van der Waals surface area contributed by atoms with E-state index in [4.69, 9.17) is 0 Å². The van der Waals surface area contributed by atoms with E-state index >= 15 is 0 Å². The summed E-state index contributed by atoms with van der Waals surface area (Å²) in [4.78, 5) is 34.9. The van der Waals surface area contributed by atoms with Crippen molar-refractivity contribution in [2.24, 2.45) is 5.92 Å². The minimum absolute atomic E-state index is 0.00202. The molecule has 0 unspecified atom stereocenters. The molecule has 1 aromatic carbocycles. The van der Waals surface area contributed by atoms with Crippen LogP contribution in [0.4, 0.5) is 5.69 Å². The molecule has 0 aromatic heterocycles. The maximum atomic E-state index is 12.0. The molecule has 0 atom stereocenters. The molecule has 1 heterocycles. The first-order valence-corrected chi connectivity index (χ1v) is 6.46. The third-order valence-electron chi connectivity index (χ3n) is 3.73. The Morgan fingerprint density at radius 1 is 1.11 bits per heavy atom. The van der Waals surface area contributed by atoms with Gasteiger partial charge in [0.15, 0.2) is 0 Å². The van der Waals surface area contributed by atoms with Crippen LogP contribution in [-0.2, 0) is 4.79 Å². The number of anilines is 1. The molecule has 5 nitrogen and oxygen atoms in total. The number of amides is 3. The minimum Gasteiger partial charge on any atom is -0.326 e. The normalized spacial score (nSPS) is 18.3. The van der Waals surface area contributed by atoms with E-state index in [0.29, 0.717) is 16.8 Å². The van der Waals surface area contributed by atoms with Crippen molar-refractivity contribution >= 4 is 23.4 Å². The van der Waals surface area contributed by atoms with Gasteiger partial charge in [0.1, 0.15) is 0 Å². The predicted octanol–water partition coefficient (Wildman–Crippen LogP) is 1.70. The van der Waals surface area contributed by atoms with Crippen LogP contribution in [0.25, 0.3) is 0 Å². The van der Waals surface area contributed by atoms with Crippen molar-refractivity contribution in [3.8, 4) is 0 Å². The van der Waals surface area contributed by atoms with Crippen molar-refractivity contribution in [2.75, 3.05) is 5.32 Å². The minimum atomic E-state index is -0.406. The number of imide groups is 1. The highest BCUT2D eigenvalue weighted by Crippen LogP contribution is 2.27. The highest BCUT2D eigenvalue weighted by Gasteiger charge is 2.27. The van der Waals surface area contributed by atoms with Gasteiger partial charge in [-0.15, -0.1) is 0 Å². The second-order valence-electron chi connectivity index (χ2n) is 5.01. The number of nitrogens with one attached hydrogen (secondary N) is 2. The summed E-state index contributed by atoms with van der Waals surface area (Å²) in [7, 11) is 0. The Hall–Kier alpha value is -2.17. The third-order valence-corrected chi connectivity index (χ3v) is 3.73. The second-order valence-corrected chi connectivity index (χ2v) is 5.01. The molecule has 5 heteroatoms. The average molecular weight is 258 g/mol. The summed E-state index contributed by atoms with van der Waals surface area (Å²) in [6, 6.07) is 4.78. The fraction of sp³-hybridized carbons (Fsp3) is 0.357. The first-order valence-electron chi connectivity index (χ1n) is 6.46. The Kier molecular flexibility index (Phi) is 2.81. The summed E-state index contributed by atoms with van der Waals surface area (Å²) >= 11 is 0. The predicted molar refractivity (Wildman–Crippen MR) is 68.8 cm³/mol. The quantitative estimate of drug-likeness (QED) is 0.793. The van der Waals surface area contributed by atoms with Crippen molar-refractivity contribution in [2.45, 2.75) is 25.7 Å². The van der Waals surface area contributed by atoms with E-state index in [1.54, 1.807) is 18.2 Å². The van der Waals surface area contributed by atoms with E-state index in [1.807, 2.05) is 0 Å². The first-order chi connectivity index (χ1) is 9.15. The molecule has 0 radical (unpaired) electrons. The van der Waals surface area contributed by atoms with Gasteiger partial charge in [0, 0.05) is 11.6 Å². The standard InChI is InChI=1S/C14H14N2O3/c17-12(8-3-1-2-4-8)15-9-5-6-10-11(7-9)14(19)16-13(10)18/h5-8H,1-4H2,(H,15,17)(H,16,18,19). The van der Waals surface area contributed by atoms with E-state index in [2.05, 4.69) is 10.6 Å². The van der Waals surface area contributed by atoms with Crippen LogP contribution in [0, 0.1) is 5.92 Å². The van der Waals surface area contributed by atoms with Crippen molar-refractivity contribution in [1.82, 2.24) is 5.32 Å². The topological polar surface area (TPSA) is 75.3 Å². The van der Waals surface area contributed by atoms with Crippen LogP contribution in [0.2, 0.25) is 0 Å². The van der Waals surface area contributed by atoms with Crippen molar-refractivity contribution < 1.29 is 14.4 Å². The van der Waals surface area contributed by atoms with Gasteiger partial charge in [-0.05, 0) is 31.0 Å². The van der Waals surface area contributed by atoms with Gasteiger partial charge in [-0.3, -0.25) is 19.7 Å². The molecule has 0 spiro atoms. The van der Waals surface area contributed by atoms with Crippen LogP contribution in [0.3, 0.4) is 0 Å². The molecule has 1 aliphatic heterocycles. The highest BCUT2D eigenvalue weighted by atomic mass is 16.2. The Morgan fingerprint density at radius 3 is 2.53 bits per heavy atom. The molecule has 1 fully saturated rings. The lowest BCUT2D eigenvalue weighted by Crippen LogP contribution is -2.20. The largest absolute Gasteiger partial charge is 0.326 e. The van der Waals surface area contributed by atoms with Gasteiger partial charge >= 0.3 is 0 Å². The van der Waals surface area contributed by atoms with E-state index in [-0.39, 0.29) is 17.7 Å². The van der Waals surface area contributed by atoms with E-state index in [0.717, 1.165) is 25.7 Å². The molecule has 3 rings (SSSR count). The second kappa shape index (κ2) is 4.50. The Balaban J connectivity index is 1.79. The Morgan fingerprint density at radius 2 is 1.79 bits per heavy atom. The molecule has 0 saturated heterocycles. The number of hydrogen-bond donors (Lipinski definition) is 2. The summed E-state index contributed by atoms with van der Waals surface area (Å²) in [6.07, 6.45) is 4.05. The van der Waals surface area contributed by atoms with Crippen LogP contribution < -0.4 is 10.6 Å². The number of hydrogen-bond acceptors (Lipinski definition) is 3. The lowest BCUT2D eigenvalue weighted by atomic mass is 10.1. The zero-order valence-corrected chi connectivity index (χ0v) is 10.4. The van der Waals surface area contributed by atoms with Gasteiger partial charge in [-0.2, -0.15) is 0 Å². The summed E-state index contributed by atoms with van der Waals surface area (Å²) in [6.45, 7) is 0. The van der Waals surface area contributed by atoms with E-state index in [1.165, 1.54) is 0 Å². The van der Waals surface area contributed by atoms with Gasteiger partial charge in [0.2, 0.25) is 5.91 Å². The molecule has 2 aliphatic rings. The SMILES string of the molecule is O=C1NC(=O)c2cc(NC(=O)C3CCCC3)ccc21. The maximum absolute atomic E-state index is 12.0. The number of benzene rings is 1. The number of carbonyl (C=O) groups excluding carboxylic acids is 3.